The predicted molar refractivity (Wildman–Crippen MR) is 73.1 cm³/mol. The molecular formula is C14H13ClFNO2. The fourth-order valence-electron chi connectivity index (χ4n) is 1.61. The molecule has 0 spiro atoms. The van der Waals surface area contributed by atoms with Gasteiger partial charge in [0.2, 0.25) is 0 Å². The fourth-order valence-corrected chi connectivity index (χ4v) is 1.78. The number of hydrogen-bond acceptors (Lipinski definition) is 3. The van der Waals surface area contributed by atoms with Gasteiger partial charge in [0, 0.05) is 16.7 Å². The van der Waals surface area contributed by atoms with E-state index in [1.165, 1.54) is 7.11 Å². The number of benzene rings is 2. The summed E-state index contributed by atoms with van der Waals surface area (Å²) >= 11 is 5.85. The summed E-state index contributed by atoms with van der Waals surface area (Å²) in [7, 11) is 1.41. The van der Waals surface area contributed by atoms with E-state index in [-0.39, 0.29) is 12.4 Å². The van der Waals surface area contributed by atoms with Crippen LogP contribution in [0.25, 0.3) is 0 Å². The maximum atomic E-state index is 13.9. The Hall–Kier alpha value is -1.94. The molecule has 0 heterocycles. The lowest BCUT2D eigenvalue weighted by Crippen LogP contribution is -2.02. The summed E-state index contributed by atoms with van der Waals surface area (Å²) in [6.45, 7) is 0.0492. The molecule has 3 nitrogen and oxygen atoms in total. The highest BCUT2D eigenvalue weighted by Gasteiger charge is 2.09. The first kappa shape index (κ1) is 13.5. The first-order valence-electron chi connectivity index (χ1n) is 5.61. The second kappa shape index (κ2) is 5.80. The van der Waals surface area contributed by atoms with Crippen molar-refractivity contribution in [3.8, 4) is 11.5 Å². The van der Waals surface area contributed by atoms with E-state index in [0.717, 1.165) is 0 Å². The largest absolute Gasteiger partial charge is 0.494 e. The number of methoxy groups -OCH3 is 1. The van der Waals surface area contributed by atoms with Gasteiger partial charge < -0.3 is 15.2 Å². The van der Waals surface area contributed by atoms with Gasteiger partial charge in [-0.2, -0.15) is 0 Å². The minimum atomic E-state index is -0.439. The standard InChI is InChI=1S/C14H13ClFNO2/c1-18-12-4-2-3-9(14(12)16)8-19-13-7-10(15)5-6-11(13)17/h2-7H,8,17H2,1H3. The molecule has 19 heavy (non-hydrogen) atoms. The average Bonchev–Trinajstić information content (AvgIpc) is 2.41. The minimum Gasteiger partial charge on any atom is -0.494 e. The van der Waals surface area contributed by atoms with Crippen molar-refractivity contribution in [1.82, 2.24) is 0 Å². The van der Waals surface area contributed by atoms with Crippen LogP contribution in [0, 0.1) is 5.82 Å². The zero-order chi connectivity index (χ0) is 13.8. The monoisotopic (exact) mass is 281 g/mol. The quantitative estimate of drug-likeness (QED) is 0.870. The third-order valence-electron chi connectivity index (χ3n) is 2.62. The molecule has 0 amide bonds. The van der Waals surface area contributed by atoms with Gasteiger partial charge in [-0.05, 0) is 18.2 Å². The van der Waals surface area contributed by atoms with Crippen LogP contribution in [0.2, 0.25) is 5.02 Å². The van der Waals surface area contributed by atoms with Crippen molar-refractivity contribution in [3.63, 3.8) is 0 Å². The third-order valence-corrected chi connectivity index (χ3v) is 2.86. The molecule has 2 rings (SSSR count). The Balaban J connectivity index is 2.17. The molecule has 0 radical (unpaired) electrons. The van der Waals surface area contributed by atoms with Crippen LogP contribution in [-0.2, 0) is 6.61 Å². The molecule has 0 saturated carbocycles. The van der Waals surface area contributed by atoms with Gasteiger partial charge in [0.05, 0.1) is 12.8 Å². The zero-order valence-corrected chi connectivity index (χ0v) is 11.1. The lowest BCUT2D eigenvalue weighted by Gasteiger charge is -2.11. The highest BCUT2D eigenvalue weighted by Crippen LogP contribution is 2.27. The third kappa shape index (κ3) is 3.09. The topological polar surface area (TPSA) is 44.5 Å². The molecule has 5 heteroatoms. The molecule has 0 aliphatic rings. The first-order chi connectivity index (χ1) is 9.11. The average molecular weight is 282 g/mol. The van der Waals surface area contributed by atoms with Gasteiger partial charge in [-0.25, -0.2) is 4.39 Å². The first-order valence-corrected chi connectivity index (χ1v) is 5.99. The van der Waals surface area contributed by atoms with Crippen molar-refractivity contribution in [2.24, 2.45) is 0 Å². The van der Waals surface area contributed by atoms with Crippen LogP contribution in [0.15, 0.2) is 36.4 Å². The van der Waals surface area contributed by atoms with Gasteiger partial charge in [-0.1, -0.05) is 23.7 Å². The molecule has 0 aromatic heterocycles. The van der Waals surface area contributed by atoms with E-state index in [4.69, 9.17) is 26.8 Å². The van der Waals surface area contributed by atoms with E-state index in [1.54, 1.807) is 36.4 Å². The smallest absolute Gasteiger partial charge is 0.171 e. The van der Waals surface area contributed by atoms with E-state index in [1.807, 2.05) is 0 Å². The Morgan fingerprint density at radius 2 is 2.00 bits per heavy atom. The number of hydrogen-bond donors (Lipinski definition) is 1. The zero-order valence-electron chi connectivity index (χ0n) is 10.3. The van der Waals surface area contributed by atoms with E-state index in [0.29, 0.717) is 22.0 Å². The van der Waals surface area contributed by atoms with Crippen molar-refractivity contribution < 1.29 is 13.9 Å². The van der Waals surface area contributed by atoms with Gasteiger partial charge in [0.25, 0.3) is 0 Å². The predicted octanol–water partition coefficient (Wildman–Crippen LogP) is 3.65. The highest BCUT2D eigenvalue weighted by atomic mass is 35.5. The summed E-state index contributed by atoms with van der Waals surface area (Å²) in [4.78, 5) is 0. The highest BCUT2D eigenvalue weighted by molar-refractivity contribution is 6.30. The van der Waals surface area contributed by atoms with Crippen LogP contribution in [-0.4, -0.2) is 7.11 Å². The Morgan fingerprint density at radius 1 is 1.21 bits per heavy atom. The maximum absolute atomic E-state index is 13.9. The lowest BCUT2D eigenvalue weighted by atomic mass is 10.2. The summed E-state index contributed by atoms with van der Waals surface area (Å²) in [5.74, 6) is 0.167. The van der Waals surface area contributed by atoms with Crippen LogP contribution in [0.4, 0.5) is 10.1 Å². The van der Waals surface area contributed by atoms with Gasteiger partial charge in [-0.15, -0.1) is 0 Å². The van der Waals surface area contributed by atoms with Crippen LogP contribution in [0.1, 0.15) is 5.56 Å². The minimum absolute atomic E-state index is 0.0492. The Morgan fingerprint density at radius 3 is 2.74 bits per heavy atom. The molecule has 100 valence electrons. The van der Waals surface area contributed by atoms with Crippen molar-refractivity contribution in [1.29, 1.82) is 0 Å². The molecule has 2 aromatic rings. The number of rotatable bonds is 4. The van der Waals surface area contributed by atoms with Gasteiger partial charge in [0.1, 0.15) is 12.4 Å². The van der Waals surface area contributed by atoms with Crippen molar-refractivity contribution in [3.05, 3.63) is 52.8 Å². The molecule has 0 atom stereocenters. The Labute approximate surface area is 115 Å². The normalized spacial score (nSPS) is 10.3. The van der Waals surface area contributed by atoms with E-state index in [9.17, 15) is 4.39 Å². The van der Waals surface area contributed by atoms with Gasteiger partial charge in [-0.3, -0.25) is 0 Å². The molecule has 0 bridgehead atoms. The SMILES string of the molecule is COc1cccc(COc2cc(Cl)ccc2N)c1F. The van der Waals surface area contributed by atoms with Gasteiger partial charge in [0.15, 0.2) is 11.6 Å². The number of anilines is 1. The Kier molecular flexibility index (Phi) is 4.12. The molecule has 0 aliphatic carbocycles. The second-order valence-electron chi connectivity index (χ2n) is 3.90. The Bertz CT molecular complexity index is 590. The second-order valence-corrected chi connectivity index (χ2v) is 4.34. The van der Waals surface area contributed by atoms with Crippen molar-refractivity contribution in [2.45, 2.75) is 6.61 Å². The van der Waals surface area contributed by atoms with Crippen LogP contribution >= 0.6 is 11.6 Å². The van der Waals surface area contributed by atoms with E-state index < -0.39 is 5.82 Å². The number of ether oxygens (including phenoxy) is 2. The fraction of sp³-hybridized carbons (Fsp3) is 0.143. The molecule has 0 aliphatic heterocycles. The van der Waals surface area contributed by atoms with Crippen LogP contribution in [0.3, 0.4) is 0 Å². The lowest BCUT2D eigenvalue weighted by molar-refractivity contribution is 0.297. The van der Waals surface area contributed by atoms with Crippen molar-refractivity contribution in [2.75, 3.05) is 12.8 Å². The summed E-state index contributed by atoms with van der Waals surface area (Å²) in [5, 5.41) is 0.510. The van der Waals surface area contributed by atoms with Crippen LogP contribution < -0.4 is 15.2 Å². The molecule has 0 fully saturated rings. The summed E-state index contributed by atoms with van der Waals surface area (Å²) in [6.07, 6.45) is 0. The molecule has 2 N–H and O–H groups in total. The number of nitrogen functional groups attached to an aromatic ring is 1. The van der Waals surface area contributed by atoms with Crippen molar-refractivity contribution >= 4 is 17.3 Å². The molecule has 2 aromatic carbocycles. The molecule has 0 saturated heterocycles. The summed E-state index contributed by atoms with van der Waals surface area (Å²) in [5.41, 5.74) is 6.58. The van der Waals surface area contributed by atoms with Gasteiger partial charge >= 0.3 is 0 Å². The van der Waals surface area contributed by atoms with E-state index >= 15 is 0 Å². The maximum Gasteiger partial charge on any atom is 0.171 e. The molecule has 0 unspecified atom stereocenters. The summed E-state index contributed by atoms with van der Waals surface area (Å²) < 4.78 is 24.3. The van der Waals surface area contributed by atoms with Crippen LogP contribution in [0.5, 0.6) is 11.5 Å². The number of halogens is 2. The van der Waals surface area contributed by atoms with E-state index in [2.05, 4.69) is 0 Å². The molecular weight excluding hydrogens is 269 g/mol. The number of nitrogens with two attached hydrogens (primary N) is 1. The summed E-state index contributed by atoms with van der Waals surface area (Å²) in [6, 6.07) is 9.76.